The van der Waals surface area contributed by atoms with Gasteiger partial charge in [0.05, 0.1) is 0 Å². The van der Waals surface area contributed by atoms with Crippen molar-refractivity contribution in [3.05, 3.63) is 0 Å². The van der Waals surface area contributed by atoms with Gasteiger partial charge in [-0.25, -0.2) is 0 Å². The van der Waals surface area contributed by atoms with Gasteiger partial charge in [0.2, 0.25) is 0 Å². The third kappa shape index (κ3) is 19.0. The summed E-state index contributed by atoms with van der Waals surface area (Å²) < 4.78 is 0.551. The van der Waals surface area contributed by atoms with Crippen molar-refractivity contribution < 1.29 is 0 Å². The summed E-state index contributed by atoms with van der Waals surface area (Å²) in [7, 11) is 0. The fourth-order valence-corrected chi connectivity index (χ4v) is 3.07. The Morgan fingerprint density at radius 2 is 0.952 bits per heavy atom. The van der Waals surface area contributed by atoms with Gasteiger partial charge in [-0.2, -0.15) is 13.5 Å². The maximum Gasteiger partial charge on any atom is 0.0191 e. The van der Waals surface area contributed by atoms with Gasteiger partial charge < -0.3 is 0 Å². The fraction of sp³-hybridized carbons (Fsp3) is 1.00. The van der Waals surface area contributed by atoms with Crippen LogP contribution in [0.15, 0.2) is 0 Å². The molecule has 0 aromatic carbocycles. The Bertz CT molecular complexity index is 192. The van der Waals surface area contributed by atoms with Gasteiger partial charge in [-0.15, -0.1) is 0 Å². The van der Waals surface area contributed by atoms with Crippen LogP contribution in [-0.2, 0) is 0 Å². The summed E-state index contributed by atoms with van der Waals surface area (Å²) in [5, 5.41) is 0. The number of unbranched alkanes of at least 4 members (excludes halogenated alkanes) is 12. The Morgan fingerprint density at radius 3 is 1.29 bits per heavy atom. The third-order valence-corrected chi connectivity index (χ3v) is 5.84. The number of hydrogen-bond donors (Lipinski definition) is 0. The summed E-state index contributed by atoms with van der Waals surface area (Å²) in [4.78, 5) is 0. The first kappa shape index (κ1) is 24.3. The van der Waals surface area contributed by atoms with Gasteiger partial charge >= 0.3 is 0 Å². The van der Waals surface area contributed by atoms with Crippen LogP contribution < -0.4 is 0 Å². The van der Waals surface area contributed by atoms with E-state index in [1.807, 2.05) is 0 Å². The largest absolute Gasteiger partial charge is 0.197 e. The fourth-order valence-electron chi connectivity index (χ4n) is 2.69. The van der Waals surface area contributed by atoms with Gasteiger partial charge in [-0.05, 0) is 12.8 Å². The summed E-state index contributed by atoms with van der Waals surface area (Å²) in [5.41, 5.74) is 0. The summed E-state index contributed by atoms with van der Waals surface area (Å²) >= 11 is 2.63. The first-order chi connectivity index (χ1) is 9.62. The van der Waals surface area contributed by atoms with Crippen LogP contribution in [0.25, 0.3) is 0 Å². The molecule has 0 fully saturated rings. The van der Waals surface area contributed by atoms with E-state index in [0.717, 1.165) is 0 Å². The van der Waals surface area contributed by atoms with Gasteiger partial charge in [-0.1, -0.05) is 127 Å². The predicted molar refractivity (Wildman–Crippen MR) is 113 cm³/mol. The molecule has 0 saturated carbocycles. The Balaban J connectivity index is 0. The number of hydrogen-bond acceptors (Lipinski definition) is 0. The Kier molecular flexibility index (Phi) is 20.2. The van der Waals surface area contributed by atoms with Crippen molar-refractivity contribution >= 4 is 36.1 Å². The second-order valence-corrected chi connectivity index (χ2v) is 9.36. The smallest absolute Gasteiger partial charge is 0.0191 e. The van der Waals surface area contributed by atoms with Crippen LogP contribution in [0, 0.1) is 0 Å². The summed E-state index contributed by atoms with van der Waals surface area (Å²) in [5.74, 6) is 0. The summed E-state index contributed by atoms with van der Waals surface area (Å²) in [6.45, 7) is 7.01. The number of halogens is 1. The molecule has 0 aliphatic heterocycles. The lowest BCUT2D eigenvalue weighted by Gasteiger charge is -2.19. The lowest BCUT2D eigenvalue weighted by molar-refractivity contribution is 0.511. The van der Waals surface area contributed by atoms with Crippen LogP contribution in [-0.4, -0.2) is 3.42 Å². The predicted octanol–water partition coefficient (Wildman–Crippen LogP) is 8.18. The van der Waals surface area contributed by atoms with E-state index in [4.69, 9.17) is 0 Å². The topological polar surface area (TPSA) is 0 Å². The third-order valence-electron chi connectivity index (χ3n) is 4.54. The van der Waals surface area contributed by atoms with Gasteiger partial charge in [-0.3, -0.25) is 0 Å². The maximum absolute atomic E-state index is 2.63. The second-order valence-electron chi connectivity index (χ2n) is 6.76. The van der Waals surface area contributed by atoms with Gasteiger partial charge in [0, 0.05) is 3.42 Å². The van der Waals surface area contributed by atoms with E-state index in [1.165, 1.54) is 96.3 Å². The molecular formula is C19H41IS. The molecular weight excluding hydrogens is 387 g/mol. The highest BCUT2D eigenvalue weighted by Crippen LogP contribution is 2.28. The molecule has 1 unspecified atom stereocenters. The molecule has 0 aliphatic carbocycles. The summed E-state index contributed by atoms with van der Waals surface area (Å²) in [6.07, 6.45) is 21.7. The zero-order chi connectivity index (χ0) is 15.1. The molecule has 0 aromatic heterocycles. The highest BCUT2D eigenvalue weighted by Gasteiger charge is 2.15. The number of rotatable bonds is 15. The SMILES string of the molecule is CCCCCCCCCCCCCCCC(C)(I)CC.S. The van der Waals surface area contributed by atoms with E-state index in [-0.39, 0.29) is 13.5 Å². The minimum Gasteiger partial charge on any atom is -0.197 e. The van der Waals surface area contributed by atoms with E-state index in [2.05, 4.69) is 43.4 Å². The Morgan fingerprint density at radius 1 is 0.619 bits per heavy atom. The van der Waals surface area contributed by atoms with E-state index < -0.39 is 0 Å². The van der Waals surface area contributed by atoms with E-state index >= 15 is 0 Å². The monoisotopic (exact) mass is 428 g/mol. The zero-order valence-corrected chi connectivity index (χ0v) is 18.1. The van der Waals surface area contributed by atoms with Crippen molar-refractivity contribution in [1.82, 2.24) is 0 Å². The molecule has 0 nitrogen and oxygen atoms in total. The summed E-state index contributed by atoms with van der Waals surface area (Å²) in [6, 6.07) is 0. The quantitative estimate of drug-likeness (QED) is 0.140. The van der Waals surface area contributed by atoms with Crippen molar-refractivity contribution in [2.45, 2.75) is 121 Å². The van der Waals surface area contributed by atoms with E-state index in [9.17, 15) is 0 Å². The average molecular weight is 429 g/mol. The lowest BCUT2D eigenvalue weighted by Crippen LogP contribution is -2.12. The Hall–Kier alpha value is 1.08. The molecule has 0 saturated heterocycles. The molecule has 0 rings (SSSR count). The van der Waals surface area contributed by atoms with E-state index in [0.29, 0.717) is 3.42 Å². The normalized spacial score (nSPS) is 13.7. The second kappa shape index (κ2) is 17.4. The van der Waals surface area contributed by atoms with Crippen LogP contribution in [0.5, 0.6) is 0 Å². The van der Waals surface area contributed by atoms with Crippen molar-refractivity contribution in [2.24, 2.45) is 0 Å². The zero-order valence-electron chi connectivity index (χ0n) is 15.0. The van der Waals surface area contributed by atoms with Crippen molar-refractivity contribution in [2.75, 3.05) is 0 Å². The maximum atomic E-state index is 2.63. The minimum absolute atomic E-state index is 0. The molecule has 0 bridgehead atoms. The molecule has 0 aromatic rings. The van der Waals surface area contributed by atoms with Gasteiger partial charge in [0.25, 0.3) is 0 Å². The molecule has 21 heavy (non-hydrogen) atoms. The molecule has 0 N–H and O–H groups in total. The highest BCUT2D eigenvalue weighted by atomic mass is 127. The highest BCUT2D eigenvalue weighted by molar-refractivity contribution is 14.1. The molecule has 0 amide bonds. The first-order valence-electron chi connectivity index (χ1n) is 9.31. The molecule has 0 spiro atoms. The van der Waals surface area contributed by atoms with Crippen LogP contribution >= 0.6 is 36.1 Å². The van der Waals surface area contributed by atoms with Crippen LogP contribution in [0.3, 0.4) is 0 Å². The Labute approximate surface area is 156 Å². The lowest BCUT2D eigenvalue weighted by atomic mass is 9.99. The molecule has 0 heterocycles. The van der Waals surface area contributed by atoms with Crippen LogP contribution in [0.4, 0.5) is 0 Å². The molecule has 1 atom stereocenters. The van der Waals surface area contributed by atoms with Crippen molar-refractivity contribution in [3.8, 4) is 0 Å². The molecule has 0 radical (unpaired) electrons. The van der Waals surface area contributed by atoms with Crippen molar-refractivity contribution in [1.29, 1.82) is 0 Å². The van der Waals surface area contributed by atoms with Gasteiger partial charge in [0.15, 0.2) is 0 Å². The number of alkyl halides is 1. The first-order valence-corrected chi connectivity index (χ1v) is 10.4. The van der Waals surface area contributed by atoms with Crippen LogP contribution in [0.1, 0.15) is 117 Å². The molecule has 130 valence electrons. The molecule has 2 heteroatoms. The van der Waals surface area contributed by atoms with Crippen LogP contribution in [0.2, 0.25) is 0 Å². The average Bonchev–Trinajstić information content (AvgIpc) is 2.44. The van der Waals surface area contributed by atoms with E-state index in [1.54, 1.807) is 0 Å². The van der Waals surface area contributed by atoms with Gasteiger partial charge in [0.1, 0.15) is 0 Å². The standard InChI is InChI=1S/C19H39I.H2S/c1-4-6-7-8-9-10-11-12-13-14-15-16-17-18-19(3,20)5-2;/h4-18H2,1-3H3;1H2. The minimum atomic E-state index is 0. The molecule has 0 aliphatic rings. The van der Waals surface area contributed by atoms with Crippen molar-refractivity contribution in [3.63, 3.8) is 0 Å².